The van der Waals surface area contributed by atoms with Gasteiger partial charge in [0.15, 0.2) is 0 Å². The number of piperazine rings is 1. The zero-order valence-electron chi connectivity index (χ0n) is 18.3. The molecule has 0 aromatic carbocycles. The molecule has 1 aliphatic heterocycles. The number of methoxy groups -OCH3 is 1. The first kappa shape index (κ1) is 23.4. The van der Waals surface area contributed by atoms with E-state index in [-0.39, 0.29) is 21.6 Å². The van der Waals surface area contributed by atoms with E-state index in [2.05, 4.69) is 20.2 Å². The number of pyridine rings is 2. The van der Waals surface area contributed by atoms with Crippen LogP contribution in [0, 0.1) is 0 Å². The average molecular weight is 480 g/mol. The molecule has 0 unspecified atom stereocenters. The van der Waals surface area contributed by atoms with Gasteiger partial charge in [-0.1, -0.05) is 6.07 Å². The van der Waals surface area contributed by atoms with Crippen molar-refractivity contribution in [2.24, 2.45) is 0 Å². The zero-order chi connectivity index (χ0) is 23.6. The lowest BCUT2D eigenvalue weighted by atomic mass is 10.1. The molecule has 3 aromatic rings. The van der Waals surface area contributed by atoms with Crippen LogP contribution in [0.4, 0.5) is 19.0 Å². The Morgan fingerprint density at radius 1 is 1.18 bits per heavy atom. The predicted octanol–water partition coefficient (Wildman–Crippen LogP) is 3.54. The third-order valence-electron chi connectivity index (χ3n) is 5.52. The number of carbonyl (C=O) groups excluding carboxylic acids is 1. The summed E-state index contributed by atoms with van der Waals surface area (Å²) < 4.78 is 46.5. The molecular weight excluding hydrogens is 455 g/mol. The molecule has 7 nitrogen and oxygen atoms in total. The minimum absolute atomic E-state index is 0.0227. The molecule has 0 aliphatic carbocycles. The molecule has 1 amide bonds. The maximum absolute atomic E-state index is 13.8. The van der Waals surface area contributed by atoms with E-state index in [0.717, 1.165) is 28.8 Å². The highest BCUT2D eigenvalue weighted by atomic mass is 32.1. The number of alkyl halides is 3. The van der Waals surface area contributed by atoms with Gasteiger partial charge in [0.1, 0.15) is 5.82 Å². The van der Waals surface area contributed by atoms with Crippen molar-refractivity contribution in [1.82, 2.24) is 20.2 Å². The van der Waals surface area contributed by atoms with Crippen LogP contribution in [0.5, 0.6) is 0 Å². The highest BCUT2D eigenvalue weighted by Crippen LogP contribution is 2.40. The number of carbonyl (C=O) groups is 1. The van der Waals surface area contributed by atoms with Crippen LogP contribution in [0.2, 0.25) is 0 Å². The Morgan fingerprint density at radius 2 is 1.91 bits per heavy atom. The Labute approximate surface area is 193 Å². The standard InChI is InChI=1S/C22H24F3N5O2S/c1-26-21(31)16-13-33-20-17(22(23,24)25)10-18(28-19(16)20)30-8-6-29(7-9-30)11-14-4-3-5-15(27-14)12-32-2/h3-5,10,13H,6-9,11-12H2,1-2H3,(H,26,31). The van der Waals surface area contributed by atoms with Gasteiger partial charge in [-0.2, -0.15) is 13.2 Å². The minimum atomic E-state index is -4.54. The molecule has 0 spiro atoms. The molecule has 0 saturated carbocycles. The summed E-state index contributed by atoms with van der Waals surface area (Å²) in [7, 11) is 3.07. The molecular formula is C22H24F3N5O2S. The minimum Gasteiger partial charge on any atom is -0.378 e. The first-order valence-electron chi connectivity index (χ1n) is 10.4. The Morgan fingerprint density at radius 3 is 2.58 bits per heavy atom. The summed E-state index contributed by atoms with van der Waals surface area (Å²) in [5, 5.41) is 3.90. The maximum atomic E-state index is 13.8. The van der Waals surface area contributed by atoms with Crippen molar-refractivity contribution >= 4 is 33.3 Å². The summed E-state index contributed by atoms with van der Waals surface area (Å²) in [6, 6.07) is 6.89. The van der Waals surface area contributed by atoms with E-state index < -0.39 is 17.6 Å². The van der Waals surface area contributed by atoms with Gasteiger partial charge in [0.2, 0.25) is 0 Å². The fraction of sp³-hybridized carbons (Fsp3) is 0.409. The van der Waals surface area contributed by atoms with Crippen molar-refractivity contribution in [2.45, 2.75) is 19.3 Å². The van der Waals surface area contributed by atoms with Gasteiger partial charge in [-0.15, -0.1) is 11.3 Å². The Balaban J connectivity index is 1.54. The lowest BCUT2D eigenvalue weighted by molar-refractivity contribution is -0.136. The molecule has 0 atom stereocenters. The SMILES string of the molecule is CNC(=O)c1csc2c(C(F)(F)F)cc(N3CCN(Cc4cccc(COC)n4)CC3)nc12. The summed E-state index contributed by atoms with van der Waals surface area (Å²) in [5.74, 6) is -0.217. The molecule has 176 valence electrons. The van der Waals surface area contributed by atoms with Crippen LogP contribution in [-0.4, -0.2) is 61.1 Å². The number of amides is 1. The summed E-state index contributed by atoms with van der Waals surface area (Å²) >= 11 is 0.887. The third-order valence-corrected chi connectivity index (χ3v) is 6.53. The molecule has 4 rings (SSSR count). The molecule has 11 heteroatoms. The first-order valence-corrected chi connectivity index (χ1v) is 11.3. The number of hydrogen-bond acceptors (Lipinski definition) is 7. The van der Waals surface area contributed by atoms with Gasteiger partial charge in [0, 0.05) is 52.3 Å². The van der Waals surface area contributed by atoms with Gasteiger partial charge < -0.3 is 15.0 Å². The van der Waals surface area contributed by atoms with E-state index in [1.54, 1.807) is 7.11 Å². The van der Waals surface area contributed by atoms with E-state index in [9.17, 15) is 18.0 Å². The molecule has 1 N–H and O–H groups in total. The normalized spacial score (nSPS) is 15.2. The van der Waals surface area contributed by atoms with E-state index in [1.807, 2.05) is 23.1 Å². The Bertz CT molecular complexity index is 1140. The van der Waals surface area contributed by atoms with Crippen molar-refractivity contribution in [3.8, 4) is 0 Å². The van der Waals surface area contributed by atoms with Crippen LogP contribution < -0.4 is 10.2 Å². The number of aromatic nitrogens is 2. The van der Waals surface area contributed by atoms with Gasteiger partial charge in [-0.25, -0.2) is 4.98 Å². The number of fused-ring (bicyclic) bond motifs is 1. The Hall–Kier alpha value is -2.76. The predicted molar refractivity (Wildman–Crippen MR) is 120 cm³/mol. The lowest BCUT2D eigenvalue weighted by Gasteiger charge is -2.35. The number of rotatable bonds is 6. The first-order chi connectivity index (χ1) is 15.8. The number of hydrogen-bond donors (Lipinski definition) is 1. The van der Waals surface area contributed by atoms with Gasteiger partial charge in [-0.3, -0.25) is 14.7 Å². The van der Waals surface area contributed by atoms with Crippen molar-refractivity contribution in [2.75, 3.05) is 45.2 Å². The number of nitrogens with one attached hydrogen (secondary N) is 1. The Kier molecular flexibility index (Phi) is 6.82. The lowest BCUT2D eigenvalue weighted by Crippen LogP contribution is -2.46. The summed E-state index contributed by atoms with van der Waals surface area (Å²) in [4.78, 5) is 25.3. The number of halogens is 3. The van der Waals surface area contributed by atoms with Gasteiger partial charge in [0.25, 0.3) is 5.91 Å². The second-order valence-corrected chi connectivity index (χ2v) is 8.63. The topological polar surface area (TPSA) is 70.6 Å². The van der Waals surface area contributed by atoms with Crippen LogP contribution in [0.3, 0.4) is 0 Å². The number of nitrogens with zero attached hydrogens (tertiary/aromatic N) is 4. The molecule has 1 fully saturated rings. The van der Waals surface area contributed by atoms with Crippen LogP contribution in [0.25, 0.3) is 10.2 Å². The highest BCUT2D eigenvalue weighted by Gasteiger charge is 2.36. The smallest absolute Gasteiger partial charge is 0.378 e. The van der Waals surface area contributed by atoms with Crippen LogP contribution >= 0.6 is 11.3 Å². The van der Waals surface area contributed by atoms with Crippen molar-refractivity contribution in [1.29, 1.82) is 0 Å². The van der Waals surface area contributed by atoms with Crippen molar-refractivity contribution < 1.29 is 22.7 Å². The summed E-state index contributed by atoms with van der Waals surface area (Å²) in [5.41, 5.74) is 1.26. The van der Waals surface area contributed by atoms with Crippen LogP contribution in [-0.2, 0) is 24.1 Å². The number of anilines is 1. The second kappa shape index (κ2) is 9.62. The molecule has 33 heavy (non-hydrogen) atoms. The molecule has 0 bridgehead atoms. The maximum Gasteiger partial charge on any atom is 0.417 e. The van der Waals surface area contributed by atoms with E-state index in [4.69, 9.17) is 4.74 Å². The van der Waals surface area contributed by atoms with Crippen molar-refractivity contribution in [3.63, 3.8) is 0 Å². The third kappa shape index (κ3) is 5.10. The van der Waals surface area contributed by atoms with E-state index in [1.165, 1.54) is 12.4 Å². The number of ether oxygens (including phenoxy) is 1. The van der Waals surface area contributed by atoms with Gasteiger partial charge in [-0.05, 0) is 18.2 Å². The zero-order valence-corrected chi connectivity index (χ0v) is 19.1. The van der Waals surface area contributed by atoms with Crippen LogP contribution in [0.1, 0.15) is 27.3 Å². The number of thiophene rings is 1. The largest absolute Gasteiger partial charge is 0.417 e. The van der Waals surface area contributed by atoms with Gasteiger partial charge >= 0.3 is 6.18 Å². The second-order valence-electron chi connectivity index (χ2n) is 7.75. The molecule has 1 saturated heterocycles. The average Bonchev–Trinajstić information content (AvgIpc) is 3.22. The van der Waals surface area contributed by atoms with Crippen molar-refractivity contribution in [3.05, 3.63) is 52.2 Å². The quantitative estimate of drug-likeness (QED) is 0.583. The fourth-order valence-corrected chi connectivity index (χ4v) is 4.90. The molecule has 0 radical (unpaired) electrons. The summed E-state index contributed by atoms with van der Waals surface area (Å²) in [6.45, 7) is 3.45. The summed E-state index contributed by atoms with van der Waals surface area (Å²) in [6.07, 6.45) is -4.54. The van der Waals surface area contributed by atoms with E-state index in [0.29, 0.717) is 39.3 Å². The monoisotopic (exact) mass is 479 g/mol. The van der Waals surface area contributed by atoms with Gasteiger partial charge in [0.05, 0.1) is 39.3 Å². The molecule has 4 heterocycles. The van der Waals surface area contributed by atoms with E-state index >= 15 is 0 Å². The highest BCUT2D eigenvalue weighted by molar-refractivity contribution is 7.17. The fourth-order valence-electron chi connectivity index (χ4n) is 3.87. The van der Waals surface area contributed by atoms with Crippen LogP contribution in [0.15, 0.2) is 29.6 Å². The molecule has 3 aromatic heterocycles. The molecule has 1 aliphatic rings.